The summed E-state index contributed by atoms with van der Waals surface area (Å²) >= 11 is 3.26. The first-order valence-corrected chi connectivity index (χ1v) is 5.00. The summed E-state index contributed by atoms with van der Waals surface area (Å²) in [5.74, 6) is -0.466. The quantitative estimate of drug-likeness (QED) is 0.865. The minimum Gasteiger partial charge on any atom is -0.495 e. The highest BCUT2D eigenvalue weighted by atomic mass is 79.9. The molecule has 5 nitrogen and oxygen atoms in total. The van der Waals surface area contributed by atoms with Gasteiger partial charge in [0.2, 0.25) is 0 Å². The Kier molecular flexibility index (Phi) is 4.05. The van der Waals surface area contributed by atoms with E-state index >= 15 is 0 Å². The number of ether oxygens (including phenoxy) is 1. The SMILES string of the molecule is COc1cncc(Br)c1C(N)CC(=O)O. The van der Waals surface area contributed by atoms with E-state index in [9.17, 15) is 4.79 Å². The Morgan fingerprint density at radius 3 is 2.93 bits per heavy atom. The average Bonchev–Trinajstić information content (AvgIpc) is 2.15. The molecule has 82 valence electrons. The molecule has 0 spiro atoms. The van der Waals surface area contributed by atoms with Crippen molar-refractivity contribution >= 4 is 21.9 Å². The van der Waals surface area contributed by atoms with Gasteiger partial charge < -0.3 is 15.6 Å². The number of rotatable bonds is 4. The maximum Gasteiger partial charge on any atom is 0.305 e. The van der Waals surface area contributed by atoms with Gasteiger partial charge in [-0.2, -0.15) is 0 Å². The van der Waals surface area contributed by atoms with Gasteiger partial charge in [-0.1, -0.05) is 0 Å². The topological polar surface area (TPSA) is 85.4 Å². The maximum atomic E-state index is 10.5. The fraction of sp³-hybridized carbons (Fsp3) is 0.333. The van der Waals surface area contributed by atoms with Crippen LogP contribution in [0.25, 0.3) is 0 Å². The second kappa shape index (κ2) is 5.09. The number of nitrogens with two attached hydrogens (primary N) is 1. The van der Waals surface area contributed by atoms with Crippen LogP contribution in [0, 0.1) is 0 Å². The monoisotopic (exact) mass is 274 g/mol. The lowest BCUT2D eigenvalue weighted by atomic mass is 10.1. The first-order chi connectivity index (χ1) is 7.06. The molecule has 0 radical (unpaired) electrons. The van der Waals surface area contributed by atoms with Gasteiger partial charge in [0.25, 0.3) is 0 Å². The average molecular weight is 275 g/mol. The highest BCUT2D eigenvalue weighted by Gasteiger charge is 2.18. The maximum absolute atomic E-state index is 10.5. The van der Waals surface area contributed by atoms with Gasteiger partial charge >= 0.3 is 5.97 Å². The van der Waals surface area contributed by atoms with Gasteiger partial charge in [-0.05, 0) is 15.9 Å². The molecule has 0 aliphatic heterocycles. The van der Waals surface area contributed by atoms with E-state index in [0.29, 0.717) is 15.8 Å². The van der Waals surface area contributed by atoms with Crippen LogP contribution in [0.1, 0.15) is 18.0 Å². The van der Waals surface area contributed by atoms with Crippen LogP contribution in [0.4, 0.5) is 0 Å². The highest BCUT2D eigenvalue weighted by molar-refractivity contribution is 9.10. The second-order valence-corrected chi connectivity index (χ2v) is 3.80. The number of halogens is 1. The van der Waals surface area contributed by atoms with Gasteiger partial charge in [-0.3, -0.25) is 9.78 Å². The summed E-state index contributed by atoms with van der Waals surface area (Å²) in [4.78, 5) is 14.4. The third kappa shape index (κ3) is 2.90. The van der Waals surface area contributed by atoms with Crippen molar-refractivity contribution in [3.05, 3.63) is 22.4 Å². The van der Waals surface area contributed by atoms with E-state index in [2.05, 4.69) is 20.9 Å². The number of hydrogen-bond acceptors (Lipinski definition) is 4. The van der Waals surface area contributed by atoms with E-state index in [4.69, 9.17) is 15.6 Å². The fourth-order valence-electron chi connectivity index (χ4n) is 1.24. The summed E-state index contributed by atoms with van der Waals surface area (Å²) in [6.45, 7) is 0. The Bertz CT molecular complexity index is 370. The molecular weight excluding hydrogens is 264 g/mol. The molecule has 0 bridgehead atoms. The van der Waals surface area contributed by atoms with E-state index in [0.717, 1.165) is 0 Å². The van der Waals surface area contributed by atoms with Crippen LogP contribution in [-0.2, 0) is 4.79 Å². The molecule has 15 heavy (non-hydrogen) atoms. The van der Waals surface area contributed by atoms with Crippen LogP contribution >= 0.6 is 15.9 Å². The minimum atomic E-state index is -0.951. The number of carboxylic acids is 1. The normalized spacial score (nSPS) is 12.2. The van der Waals surface area contributed by atoms with E-state index in [1.165, 1.54) is 13.3 Å². The fourth-order valence-corrected chi connectivity index (χ4v) is 1.85. The van der Waals surface area contributed by atoms with Crippen molar-refractivity contribution in [3.8, 4) is 5.75 Å². The predicted molar refractivity (Wildman–Crippen MR) is 57.7 cm³/mol. The predicted octanol–water partition coefficient (Wildman–Crippen LogP) is 1.33. The zero-order chi connectivity index (χ0) is 11.4. The zero-order valence-electron chi connectivity index (χ0n) is 8.11. The van der Waals surface area contributed by atoms with Gasteiger partial charge in [0.1, 0.15) is 5.75 Å². The molecule has 0 saturated heterocycles. The minimum absolute atomic E-state index is 0.154. The van der Waals surface area contributed by atoms with Crippen LogP contribution < -0.4 is 10.5 Å². The lowest BCUT2D eigenvalue weighted by molar-refractivity contribution is -0.137. The standard InChI is InChI=1S/C9H11BrN2O3/c1-15-7-4-12-3-5(10)9(7)6(11)2-8(13)14/h3-4,6H,2,11H2,1H3,(H,13,14). The van der Waals surface area contributed by atoms with Gasteiger partial charge in [-0.15, -0.1) is 0 Å². The summed E-state index contributed by atoms with van der Waals surface area (Å²) in [7, 11) is 1.49. The van der Waals surface area contributed by atoms with Crippen molar-refractivity contribution in [1.29, 1.82) is 0 Å². The number of carbonyl (C=O) groups is 1. The van der Waals surface area contributed by atoms with E-state index < -0.39 is 12.0 Å². The first-order valence-electron chi connectivity index (χ1n) is 4.21. The van der Waals surface area contributed by atoms with Crippen LogP contribution in [0.5, 0.6) is 5.75 Å². The Balaban J connectivity index is 3.05. The van der Waals surface area contributed by atoms with Crippen LogP contribution in [0.15, 0.2) is 16.9 Å². The van der Waals surface area contributed by atoms with Crippen molar-refractivity contribution < 1.29 is 14.6 Å². The molecule has 0 amide bonds. The number of carboxylic acid groups (broad SMARTS) is 1. The molecule has 1 heterocycles. The molecule has 0 aliphatic rings. The number of hydrogen-bond donors (Lipinski definition) is 2. The summed E-state index contributed by atoms with van der Waals surface area (Å²) < 4.78 is 5.71. The van der Waals surface area contributed by atoms with Crippen molar-refractivity contribution in [1.82, 2.24) is 4.98 Å². The molecule has 1 aromatic heterocycles. The molecule has 1 rings (SSSR count). The third-order valence-corrected chi connectivity index (χ3v) is 2.52. The van der Waals surface area contributed by atoms with Crippen molar-refractivity contribution in [2.45, 2.75) is 12.5 Å². The number of aliphatic carboxylic acids is 1. The molecule has 0 saturated carbocycles. The molecule has 0 aliphatic carbocycles. The first kappa shape index (κ1) is 11.9. The van der Waals surface area contributed by atoms with Crippen molar-refractivity contribution in [2.75, 3.05) is 7.11 Å². The van der Waals surface area contributed by atoms with E-state index in [1.807, 2.05) is 0 Å². The second-order valence-electron chi connectivity index (χ2n) is 2.94. The molecule has 0 fully saturated rings. The van der Waals surface area contributed by atoms with E-state index in [1.54, 1.807) is 6.20 Å². The lowest BCUT2D eigenvalue weighted by Crippen LogP contribution is -2.16. The summed E-state index contributed by atoms with van der Waals surface area (Å²) in [5.41, 5.74) is 6.37. The van der Waals surface area contributed by atoms with Gasteiger partial charge in [0.15, 0.2) is 0 Å². The smallest absolute Gasteiger partial charge is 0.305 e. The third-order valence-electron chi connectivity index (χ3n) is 1.89. The number of aromatic nitrogens is 1. The highest BCUT2D eigenvalue weighted by Crippen LogP contribution is 2.31. The number of nitrogens with zero attached hydrogens (tertiary/aromatic N) is 1. The Labute approximate surface area is 95.4 Å². The van der Waals surface area contributed by atoms with Crippen LogP contribution in [0.3, 0.4) is 0 Å². The van der Waals surface area contributed by atoms with Crippen LogP contribution in [0.2, 0.25) is 0 Å². The molecule has 3 N–H and O–H groups in total. The largest absolute Gasteiger partial charge is 0.495 e. The van der Waals surface area contributed by atoms with Gasteiger partial charge in [-0.25, -0.2) is 0 Å². The zero-order valence-corrected chi connectivity index (χ0v) is 9.69. The number of pyridine rings is 1. The van der Waals surface area contributed by atoms with Gasteiger partial charge in [0, 0.05) is 22.3 Å². The van der Waals surface area contributed by atoms with Crippen molar-refractivity contribution in [2.24, 2.45) is 5.73 Å². The molecule has 1 unspecified atom stereocenters. The summed E-state index contributed by atoms with van der Waals surface area (Å²) in [5, 5.41) is 8.65. The Morgan fingerprint density at radius 2 is 2.40 bits per heavy atom. The molecular formula is C9H11BrN2O3. The molecule has 1 atom stereocenters. The van der Waals surface area contributed by atoms with E-state index in [-0.39, 0.29) is 6.42 Å². The van der Waals surface area contributed by atoms with Crippen molar-refractivity contribution in [3.63, 3.8) is 0 Å². The molecule has 1 aromatic rings. The summed E-state index contributed by atoms with van der Waals surface area (Å²) in [6, 6.07) is -0.616. The number of methoxy groups -OCH3 is 1. The molecule has 0 aromatic carbocycles. The Morgan fingerprint density at radius 1 is 1.73 bits per heavy atom. The van der Waals surface area contributed by atoms with Crippen LogP contribution in [-0.4, -0.2) is 23.2 Å². The van der Waals surface area contributed by atoms with Gasteiger partial charge in [0.05, 0.1) is 19.7 Å². The Hall–Kier alpha value is -1.14. The molecule has 6 heteroatoms. The summed E-state index contributed by atoms with van der Waals surface area (Å²) in [6.07, 6.45) is 2.90. The lowest BCUT2D eigenvalue weighted by Gasteiger charge is -2.14.